The Morgan fingerprint density at radius 1 is 1.50 bits per heavy atom. The average Bonchev–Trinajstić information content (AvgIpc) is 2.97. The van der Waals surface area contributed by atoms with Crippen LogP contribution in [0.3, 0.4) is 0 Å². The van der Waals surface area contributed by atoms with E-state index in [4.69, 9.17) is 9.47 Å². The Morgan fingerprint density at radius 2 is 2.29 bits per heavy atom. The van der Waals surface area contributed by atoms with Crippen molar-refractivity contribution in [3.8, 4) is 0 Å². The van der Waals surface area contributed by atoms with Crippen molar-refractivity contribution in [2.45, 2.75) is 32.3 Å². The van der Waals surface area contributed by atoms with Gasteiger partial charge in [-0.1, -0.05) is 15.9 Å². The SMILES string of the molecule is CCOCC1(CBr)CCOC1C1CC1. The minimum atomic E-state index is 0.261. The summed E-state index contributed by atoms with van der Waals surface area (Å²) in [6, 6.07) is 0. The summed E-state index contributed by atoms with van der Waals surface area (Å²) in [4.78, 5) is 0. The maximum absolute atomic E-state index is 5.87. The highest BCUT2D eigenvalue weighted by molar-refractivity contribution is 9.09. The van der Waals surface area contributed by atoms with E-state index in [0.29, 0.717) is 6.10 Å². The molecule has 3 heteroatoms. The zero-order chi connectivity index (χ0) is 10.0. The molecule has 0 amide bonds. The van der Waals surface area contributed by atoms with Gasteiger partial charge in [-0.25, -0.2) is 0 Å². The molecular weight excluding hydrogens is 244 g/mol. The topological polar surface area (TPSA) is 18.5 Å². The molecule has 0 radical (unpaired) electrons. The van der Waals surface area contributed by atoms with Crippen LogP contribution in [-0.4, -0.2) is 31.3 Å². The van der Waals surface area contributed by atoms with Crippen molar-refractivity contribution in [1.29, 1.82) is 0 Å². The lowest BCUT2D eigenvalue weighted by Crippen LogP contribution is -2.38. The molecule has 1 aliphatic heterocycles. The highest BCUT2D eigenvalue weighted by Crippen LogP contribution is 2.48. The van der Waals surface area contributed by atoms with Gasteiger partial charge in [-0.2, -0.15) is 0 Å². The van der Waals surface area contributed by atoms with Crippen LogP contribution in [0, 0.1) is 11.3 Å². The maximum Gasteiger partial charge on any atom is 0.0690 e. The van der Waals surface area contributed by atoms with E-state index in [1.54, 1.807) is 0 Å². The van der Waals surface area contributed by atoms with Crippen LogP contribution in [0.25, 0.3) is 0 Å². The summed E-state index contributed by atoms with van der Waals surface area (Å²) in [5.41, 5.74) is 0.261. The third-order valence-electron chi connectivity index (χ3n) is 3.41. The average molecular weight is 263 g/mol. The number of hydrogen-bond donors (Lipinski definition) is 0. The monoisotopic (exact) mass is 262 g/mol. The smallest absolute Gasteiger partial charge is 0.0690 e. The lowest BCUT2D eigenvalue weighted by atomic mass is 9.82. The van der Waals surface area contributed by atoms with Gasteiger partial charge in [0.1, 0.15) is 0 Å². The van der Waals surface area contributed by atoms with Crippen molar-refractivity contribution in [1.82, 2.24) is 0 Å². The van der Waals surface area contributed by atoms with Gasteiger partial charge in [0.25, 0.3) is 0 Å². The second-order valence-electron chi connectivity index (χ2n) is 4.51. The Bertz CT molecular complexity index is 194. The van der Waals surface area contributed by atoms with Crippen molar-refractivity contribution in [2.75, 3.05) is 25.2 Å². The summed E-state index contributed by atoms with van der Waals surface area (Å²) >= 11 is 3.64. The first-order valence-corrected chi connectivity index (χ1v) is 6.70. The lowest BCUT2D eigenvalue weighted by molar-refractivity contribution is -0.00995. The molecule has 1 saturated heterocycles. The molecule has 2 unspecified atom stereocenters. The number of hydrogen-bond acceptors (Lipinski definition) is 2. The van der Waals surface area contributed by atoms with Crippen LogP contribution in [0.1, 0.15) is 26.2 Å². The van der Waals surface area contributed by atoms with Gasteiger partial charge in [-0.3, -0.25) is 0 Å². The van der Waals surface area contributed by atoms with E-state index in [-0.39, 0.29) is 5.41 Å². The highest BCUT2D eigenvalue weighted by Gasteiger charge is 2.50. The maximum atomic E-state index is 5.87. The zero-order valence-electron chi connectivity index (χ0n) is 8.80. The van der Waals surface area contributed by atoms with Gasteiger partial charge in [-0.05, 0) is 32.1 Å². The number of alkyl halides is 1. The summed E-state index contributed by atoms with van der Waals surface area (Å²) in [7, 11) is 0. The largest absolute Gasteiger partial charge is 0.381 e. The number of ether oxygens (including phenoxy) is 2. The van der Waals surface area contributed by atoms with E-state index < -0.39 is 0 Å². The van der Waals surface area contributed by atoms with Gasteiger partial charge in [-0.15, -0.1) is 0 Å². The molecule has 1 saturated carbocycles. The third-order valence-corrected chi connectivity index (χ3v) is 4.53. The van der Waals surface area contributed by atoms with Crippen molar-refractivity contribution < 1.29 is 9.47 Å². The molecule has 0 aromatic heterocycles. The van der Waals surface area contributed by atoms with E-state index in [1.165, 1.54) is 12.8 Å². The minimum absolute atomic E-state index is 0.261. The Balaban J connectivity index is 1.99. The van der Waals surface area contributed by atoms with Crippen molar-refractivity contribution in [3.05, 3.63) is 0 Å². The van der Waals surface area contributed by atoms with Crippen LogP contribution in [0.15, 0.2) is 0 Å². The molecule has 2 aliphatic rings. The van der Waals surface area contributed by atoms with Crippen LogP contribution >= 0.6 is 15.9 Å². The Labute approximate surface area is 94.5 Å². The van der Waals surface area contributed by atoms with E-state index in [0.717, 1.165) is 37.5 Å². The molecule has 2 fully saturated rings. The predicted octanol–water partition coefficient (Wildman–Crippen LogP) is 2.60. The molecule has 0 aromatic rings. The van der Waals surface area contributed by atoms with Crippen molar-refractivity contribution in [3.63, 3.8) is 0 Å². The van der Waals surface area contributed by atoms with Crippen molar-refractivity contribution >= 4 is 15.9 Å². The van der Waals surface area contributed by atoms with Gasteiger partial charge >= 0.3 is 0 Å². The van der Waals surface area contributed by atoms with Gasteiger partial charge < -0.3 is 9.47 Å². The molecular formula is C11H19BrO2. The van der Waals surface area contributed by atoms with Crippen LogP contribution < -0.4 is 0 Å². The first-order chi connectivity index (χ1) is 6.82. The predicted molar refractivity (Wildman–Crippen MR) is 59.8 cm³/mol. The molecule has 0 N–H and O–H groups in total. The van der Waals surface area contributed by atoms with E-state index in [2.05, 4.69) is 22.9 Å². The van der Waals surface area contributed by atoms with E-state index >= 15 is 0 Å². The minimum Gasteiger partial charge on any atom is -0.381 e. The van der Waals surface area contributed by atoms with Gasteiger partial charge in [0.15, 0.2) is 0 Å². The van der Waals surface area contributed by atoms with E-state index in [1.807, 2.05) is 0 Å². The lowest BCUT2D eigenvalue weighted by Gasteiger charge is -2.32. The molecule has 2 atom stereocenters. The second-order valence-corrected chi connectivity index (χ2v) is 5.07. The standard InChI is InChI=1S/C11H19BrO2/c1-2-13-8-11(7-12)5-6-14-10(11)9-3-4-9/h9-10H,2-8H2,1H3. The Kier molecular flexibility index (Phi) is 3.50. The second kappa shape index (κ2) is 4.50. The van der Waals surface area contributed by atoms with Gasteiger partial charge in [0.2, 0.25) is 0 Å². The number of halogens is 1. The molecule has 0 spiro atoms. The summed E-state index contributed by atoms with van der Waals surface area (Å²) in [5, 5.41) is 1.02. The third kappa shape index (κ3) is 2.00. The molecule has 0 aromatic carbocycles. The highest BCUT2D eigenvalue weighted by atomic mass is 79.9. The fraction of sp³-hybridized carbons (Fsp3) is 1.00. The normalized spacial score (nSPS) is 37.7. The van der Waals surface area contributed by atoms with Gasteiger partial charge in [0, 0.05) is 24.0 Å². The Morgan fingerprint density at radius 3 is 2.86 bits per heavy atom. The molecule has 2 rings (SSSR count). The molecule has 1 aliphatic carbocycles. The number of rotatable bonds is 5. The first kappa shape index (κ1) is 10.9. The quantitative estimate of drug-likeness (QED) is 0.710. The summed E-state index contributed by atoms with van der Waals surface area (Å²) in [5.74, 6) is 0.815. The fourth-order valence-electron chi connectivity index (χ4n) is 2.38. The zero-order valence-corrected chi connectivity index (χ0v) is 10.4. The molecule has 0 bridgehead atoms. The molecule has 82 valence electrons. The van der Waals surface area contributed by atoms with Crippen LogP contribution in [0.4, 0.5) is 0 Å². The molecule has 2 nitrogen and oxygen atoms in total. The van der Waals surface area contributed by atoms with Crippen LogP contribution in [0.5, 0.6) is 0 Å². The summed E-state index contributed by atoms with van der Waals surface area (Å²) in [6.45, 7) is 4.64. The van der Waals surface area contributed by atoms with Gasteiger partial charge in [0.05, 0.1) is 12.7 Å². The van der Waals surface area contributed by atoms with Crippen LogP contribution in [-0.2, 0) is 9.47 Å². The van der Waals surface area contributed by atoms with Crippen LogP contribution in [0.2, 0.25) is 0 Å². The fourth-order valence-corrected chi connectivity index (χ4v) is 3.15. The summed E-state index contributed by atoms with van der Waals surface area (Å²) < 4.78 is 11.5. The first-order valence-electron chi connectivity index (χ1n) is 5.58. The Hall–Kier alpha value is 0.400. The van der Waals surface area contributed by atoms with Crippen molar-refractivity contribution in [2.24, 2.45) is 11.3 Å². The summed E-state index contributed by atoms with van der Waals surface area (Å²) in [6.07, 6.45) is 4.31. The molecule has 1 heterocycles. The molecule has 14 heavy (non-hydrogen) atoms. The van der Waals surface area contributed by atoms with E-state index in [9.17, 15) is 0 Å².